The minimum Gasteiger partial charge on any atom is -0.854 e. The Morgan fingerprint density at radius 2 is 1.00 bits per heavy atom. The third-order valence-electron chi connectivity index (χ3n) is 0. The van der Waals surface area contributed by atoms with Crippen LogP contribution < -0.4 is 14.7 Å². The van der Waals surface area contributed by atoms with Crippen molar-refractivity contribution >= 4 is 8.60 Å². The summed E-state index contributed by atoms with van der Waals surface area (Å²) in [5.74, 6) is 0. The Bertz CT molecular complexity index is 11.6. The smallest absolute Gasteiger partial charge is 0.854 e. The fourth-order valence-electron chi connectivity index (χ4n) is 0. The summed E-state index contributed by atoms with van der Waals surface area (Å²) in [5.41, 5.74) is 0. The van der Waals surface area contributed by atoms with Gasteiger partial charge in [0.15, 0.2) is 0 Å². The predicted molar refractivity (Wildman–Crippen MR) is 6.92 cm³/mol. The predicted octanol–water partition coefficient (Wildman–Crippen LogP) is -2.71. The van der Waals surface area contributed by atoms with Crippen molar-refractivity contribution < 1.29 is 34.8 Å². The molecule has 0 saturated heterocycles. The van der Waals surface area contributed by atoms with Gasteiger partial charge >= 0.3 is 20.1 Å². The van der Waals surface area contributed by atoms with Gasteiger partial charge in [-0.1, -0.05) is 0 Å². The van der Waals surface area contributed by atoms with Gasteiger partial charge in [-0.15, -0.1) is 0 Å². The Labute approximate surface area is 44.0 Å². The van der Waals surface area contributed by atoms with E-state index in [0.29, 0.717) is 0 Å². The normalized spacial score (nSPS) is 7.20. The van der Waals surface area contributed by atoms with Crippen molar-refractivity contribution in [2.75, 3.05) is 0 Å². The van der Waals surface area contributed by atoms with Crippen molar-refractivity contribution in [3.05, 3.63) is 0 Å². The Kier molecular flexibility index (Phi) is 9.27. The molecule has 5 heteroatoms. The standard InChI is InChI=1S/Ir.O3P/c;1-4(2)3/q+3;-3. The first-order valence-corrected chi connectivity index (χ1v) is 1.64. The second-order valence-corrected chi connectivity index (χ2v) is 0.671. The minimum absolute atomic E-state index is 0. The van der Waals surface area contributed by atoms with Crippen molar-refractivity contribution in [1.29, 1.82) is 0 Å². The van der Waals surface area contributed by atoms with E-state index in [1.54, 1.807) is 0 Å². The van der Waals surface area contributed by atoms with Crippen molar-refractivity contribution in [1.82, 2.24) is 0 Å². The molecule has 0 heterocycles. The van der Waals surface area contributed by atoms with E-state index in [-0.39, 0.29) is 20.1 Å². The molecule has 0 bridgehead atoms. The monoisotopic (exact) mass is 272 g/mol. The van der Waals surface area contributed by atoms with Crippen LogP contribution in [-0.2, 0) is 20.1 Å². The number of hydrogen-bond donors (Lipinski definition) is 0. The summed E-state index contributed by atoms with van der Waals surface area (Å²) in [4.78, 5) is 25.4. The molecule has 0 fully saturated rings. The van der Waals surface area contributed by atoms with Crippen LogP contribution in [0.15, 0.2) is 0 Å². The van der Waals surface area contributed by atoms with E-state index < -0.39 is 8.60 Å². The molecule has 0 atom stereocenters. The van der Waals surface area contributed by atoms with Gasteiger partial charge in [-0.05, 0) is 0 Å². The van der Waals surface area contributed by atoms with Gasteiger partial charge in [0, 0.05) is 0 Å². The molecule has 0 aliphatic carbocycles. The molecule has 0 saturated carbocycles. The molecule has 0 radical (unpaired) electrons. The van der Waals surface area contributed by atoms with Crippen molar-refractivity contribution in [2.24, 2.45) is 0 Å². The fraction of sp³-hybridized carbons (Fsp3) is 0. The fourth-order valence-corrected chi connectivity index (χ4v) is 0. The molecule has 3 nitrogen and oxygen atoms in total. The molecule has 0 aliphatic heterocycles. The van der Waals surface area contributed by atoms with Crippen molar-refractivity contribution in [3.63, 3.8) is 0 Å². The molecule has 0 unspecified atom stereocenters. The molecule has 0 amide bonds. The Hall–Kier alpha value is 0.959. The molecule has 0 spiro atoms. The third-order valence-corrected chi connectivity index (χ3v) is 0. The summed E-state index contributed by atoms with van der Waals surface area (Å²) < 4.78 is 0. The summed E-state index contributed by atoms with van der Waals surface area (Å²) in [6.07, 6.45) is 0. The second kappa shape index (κ2) is 4.96. The quantitative estimate of drug-likeness (QED) is 0.450. The maximum atomic E-state index is 8.48. The van der Waals surface area contributed by atoms with E-state index in [0.717, 1.165) is 0 Å². The minimum atomic E-state index is -3.37. The largest absolute Gasteiger partial charge is 3.00 e. The first-order valence-electron chi connectivity index (χ1n) is 0.548. The van der Waals surface area contributed by atoms with Gasteiger partial charge in [-0.25, -0.2) is 0 Å². The van der Waals surface area contributed by atoms with E-state index in [2.05, 4.69) is 0 Å². The van der Waals surface area contributed by atoms with E-state index in [9.17, 15) is 0 Å². The van der Waals surface area contributed by atoms with Crippen LogP contribution in [0.25, 0.3) is 0 Å². The van der Waals surface area contributed by atoms with Crippen LogP contribution >= 0.6 is 8.60 Å². The van der Waals surface area contributed by atoms with E-state index in [1.807, 2.05) is 0 Å². The van der Waals surface area contributed by atoms with Gasteiger partial charge < -0.3 is 23.3 Å². The van der Waals surface area contributed by atoms with Crippen LogP contribution in [0.1, 0.15) is 0 Å². The van der Waals surface area contributed by atoms with Gasteiger partial charge in [0.1, 0.15) is 0 Å². The molecule has 0 rings (SSSR count). The number of rotatable bonds is 0. The van der Waals surface area contributed by atoms with E-state index in [4.69, 9.17) is 14.7 Å². The molecular weight excluding hydrogens is 271 g/mol. The van der Waals surface area contributed by atoms with Gasteiger partial charge in [-0.3, -0.25) is 0 Å². The summed E-state index contributed by atoms with van der Waals surface area (Å²) >= 11 is 0. The molecule has 0 aromatic rings. The summed E-state index contributed by atoms with van der Waals surface area (Å²) in [6.45, 7) is 0. The molecule has 0 aromatic carbocycles. The zero-order chi connectivity index (χ0) is 3.58. The van der Waals surface area contributed by atoms with E-state index in [1.165, 1.54) is 0 Å². The van der Waals surface area contributed by atoms with Crippen LogP contribution in [0.5, 0.6) is 0 Å². The molecule has 5 heavy (non-hydrogen) atoms. The number of hydrogen-bond acceptors (Lipinski definition) is 3. The van der Waals surface area contributed by atoms with Crippen LogP contribution in [0.4, 0.5) is 0 Å². The summed E-state index contributed by atoms with van der Waals surface area (Å²) in [6, 6.07) is 0. The topological polar surface area (TPSA) is 69.2 Å². The molecule has 0 aliphatic rings. The zero-order valence-electron chi connectivity index (χ0n) is 2.01. The maximum Gasteiger partial charge on any atom is 3.00 e. The molecular formula is IrO3P. The van der Waals surface area contributed by atoms with Crippen LogP contribution in [0.3, 0.4) is 0 Å². The van der Waals surface area contributed by atoms with Crippen LogP contribution in [0.2, 0.25) is 0 Å². The average Bonchev–Trinajstić information content (AvgIpc) is 0.811. The van der Waals surface area contributed by atoms with Crippen molar-refractivity contribution in [3.8, 4) is 0 Å². The maximum absolute atomic E-state index is 8.48. The molecule has 32 valence electrons. The van der Waals surface area contributed by atoms with Gasteiger partial charge in [0.25, 0.3) is 0 Å². The molecule has 0 aromatic heterocycles. The first-order chi connectivity index (χ1) is 1.73. The van der Waals surface area contributed by atoms with Gasteiger partial charge in [0.2, 0.25) is 0 Å². The Morgan fingerprint density at radius 1 is 1.00 bits per heavy atom. The van der Waals surface area contributed by atoms with Crippen molar-refractivity contribution in [2.45, 2.75) is 0 Å². The Balaban J connectivity index is 0. The van der Waals surface area contributed by atoms with Crippen LogP contribution in [0, 0.1) is 0 Å². The second-order valence-electron chi connectivity index (χ2n) is 0.224. The average molecular weight is 271 g/mol. The van der Waals surface area contributed by atoms with Crippen LogP contribution in [-0.4, -0.2) is 0 Å². The zero-order valence-corrected chi connectivity index (χ0v) is 5.29. The summed E-state index contributed by atoms with van der Waals surface area (Å²) in [7, 11) is -3.37. The molecule has 0 N–H and O–H groups in total. The Morgan fingerprint density at radius 3 is 1.00 bits per heavy atom. The van der Waals surface area contributed by atoms with Gasteiger partial charge in [-0.2, -0.15) is 0 Å². The first kappa shape index (κ1) is 9.35. The van der Waals surface area contributed by atoms with Gasteiger partial charge in [0.05, 0.1) is 0 Å². The summed E-state index contributed by atoms with van der Waals surface area (Å²) in [5, 5.41) is 0. The SMILES string of the molecule is [Ir+3].[O-]P([O-])[O-]. The van der Waals surface area contributed by atoms with E-state index >= 15 is 0 Å². The third kappa shape index (κ3) is 47.2.